The highest BCUT2D eigenvalue weighted by Gasteiger charge is 2.35. The minimum Gasteiger partial charge on any atom is -0.491 e. The molecule has 0 spiro atoms. The number of nitrogens with one attached hydrogen (secondary N) is 1. The maximum absolute atomic E-state index is 13.4. The van der Waals surface area contributed by atoms with Crippen molar-refractivity contribution in [2.24, 2.45) is 0 Å². The largest absolute Gasteiger partial charge is 0.491 e. The van der Waals surface area contributed by atoms with E-state index in [0.717, 1.165) is 16.8 Å². The lowest BCUT2D eigenvalue weighted by Gasteiger charge is -2.33. The quantitative estimate of drug-likeness (QED) is 0.505. The first-order valence-electron chi connectivity index (χ1n) is 10.7. The lowest BCUT2D eigenvalue weighted by atomic mass is 10.0. The highest BCUT2D eigenvalue weighted by molar-refractivity contribution is 6.33. The number of ether oxygens (including phenoxy) is 2. The van der Waals surface area contributed by atoms with E-state index in [1.165, 1.54) is 43.6 Å². The number of rotatable bonds is 7. The summed E-state index contributed by atoms with van der Waals surface area (Å²) in [5.74, 6) is -1.25. The Morgan fingerprint density at radius 3 is 2.67 bits per heavy atom. The minimum atomic E-state index is -2.72. The van der Waals surface area contributed by atoms with Crippen LogP contribution < -0.4 is 19.7 Å². The molecule has 0 saturated heterocycles. The average Bonchev–Trinajstić information content (AvgIpc) is 3.26. The lowest BCUT2D eigenvalue weighted by Crippen LogP contribution is -2.42. The third-order valence-corrected chi connectivity index (χ3v) is 5.95. The van der Waals surface area contributed by atoms with Crippen LogP contribution in [0.25, 0.3) is 0 Å². The molecule has 2 aromatic heterocycles. The molecule has 190 valence electrons. The number of pyridine rings is 1. The Balaban J connectivity index is 1.67. The molecule has 1 aromatic carbocycles. The fourth-order valence-corrected chi connectivity index (χ4v) is 4.26. The first kappa shape index (κ1) is 25.3. The first-order valence-corrected chi connectivity index (χ1v) is 11.1. The van der Waals surface area contributed by atoms with Crippen molar-refractivity contribution in [1.82, 2.24) is 20.1 Å². The molecule has 9 nitrogen and oxygen atoms in total. The summed E-state index contributed by atoms with van der Waals surface area (Å²) < 4.78 is 51.3. The van der Waals surface area contributed by atoms with E-state index in [-0.39, 0.29) is 52.1 Å². The van der Waals surface area contributed by atoms with Crippen LogP contribution in [0.5, 0.6) is 11.6 Å². The molecule has 0 aliphatic carbocycles. The smallest absolute Gasteiger partial charge is 0.260 e. The number of nitrogens with zero attached hydrogens (tertiary/aromatic N) is 4. The van der Waals surface area contributed by atoms with Crippen molar-refractivity contribution in [2.45, 2.75) is 25.4 Å². The van der Waals surface area contributed by atoms with Gasteiger partial charge in [0.15, 0.2) is 5.75 Å². The van der Waals surface area contributed by atoms with Gasteiger partial charge in [-0.3, -0.25) is 14.3 Å². The number of carbonyl (C=O) groups excluding carboxylic acids is 2. The number of benzene rings is 1. The predicted molar refractivity (Wildman–Crippen MR) is 123 cm³/mol. The van der Waals surface area contributed by atoms with Gasteiger partial charge < -0.3 is 19.7 Å². The SMILES string of the molecule is COc1cc(C(=O)N2CCC(NC(=O)c3ccc(F)cc3Cl)c3c2cnn3CC(F)F)cnc1OC. The molecule has 36 heavy (non-hydrogen) atoms. The molecular weight excluding hydrogens is 503 g/mol. The van der Waals surface area contributed by atoms with Gasteiger partial charge in [-0.05, 0) is 24.6 Å². The Morgan fingerprint density at radius 1 is 1.22 bits per heavy atom. The number of aromatic nitrogens is 3. The van der Waals surface area contributed by atoms with Gasteiger partial charge in [-0.2, -0.15) is 5.10 Å². The number of alkyl halides is 2. The fraction of sp³-hybridized carbons (Fsp3) is 0.304. The summed E-state index contributed by atoms with van der Waals surface area (Å²) in [6.45, 7) is -0.596. The number of halogens is 4. The zero-order valence-electron chi connectivity index (χ0n) is 19.2. The second-order valence-electron chi connectivity index (χ2n) is 7.82. The molecule has 4 rings (SSSR count). The Morgan fingerprint density at radius 2 is 2.00 bits per heavy atom. The zero-order chi connectivity index (χ0) is 26.0. The number of hydrogen-bond acceptors (Lipinski definition) is 6. The van der Waals surface area contributed by atoms with Crippen LogP contribution in [0.1, 0.15) is 38.9 Å². The van der Waals surface area contributed by atoms with Crippen LogP contribution in [-0.4, -0.2) is 53.8 Å². The van der Waals surface area contributed by atoms with Crippen LogP contribution in [-0.2, 0) is 6.54 Å². The lowest BCUT2D eigenvalue weighted by molar-refractivity contribution is 0.0928. The van der Waals surface area contributed by atoms with Crippen molar-refractivity contribution in [3.8, 4) is 11.6 Å². The van der Waals surface area contributed by atoms with Gasteiger partial charge in [-0.25, -0.2) is 18.2 Å². The zero-order valence-corrected chi connectivity index (χ0v) is 19.9. The van der Waals surface area contributed by atoms with E-state index in [4.69, 9.17) is 21.1 Å². The van der Waals surface area contributed by atoms with Crippen molar-refractivity contribution in [1.29, 1.82) is 0 Å². The van der Waals surface area contributed by atoms with Gasteiger partial charge in [0.25, 0.3) is 24.1 Å². The Hall–Kier alpha value is -3.80. The maximum Gasteiger partial charge on any atom is 0.260 e. The monoisotopic (exact) mass is 523 g/mol. The molecule has 2 amide bonds. The van der Waals surface area contributed by atoms with Crippen molar-refractivity contribution < 1.29 is 32.2 Å². The normalized spacial score (nSPS) is 15.0. The molecule has 1 N–H and O–H groups in total. The van der Waals surface area contributed by atoms with Crippen molar-refractivity contribution >= 4 is 29.1 Å². The number of methoxy groups -OCH3 is 2. The Kier molecular flexibility index (Phi) is 7.34. The number of amides is 2. The van der Waals surface area contributed by atoms with E-state index in [0.29, 0.717) is 0 Å². The van der Waals surface area contributed by atoms with Gasteiger partial charge in [-0.1, -0.05) is 11.6 Å². The summed E-state index contributed by atoms with van der Waals surface area (Å²) in [4.78, 5) is 31.7. The van der Waals surface area contributed by atoms with Crippen LogP contribution in [0.4, 0.5) is 18.9 Å². The molecule has 0 bridgehead atoms. The van der Waals surface area contributed by atoms with E-state index in [2.05, 4.69) is 15.4 Å². The van der Waals surface area contributed by atoms with E-state index in [1.807, 2.05) is 0 Å². The van der Waals surface area contributed by atoms with Gasteiger partial charge >= 0.3 is 0 Å². The van der Waals surface area contributed by atoms with E-state index >= 15 is 0 Å². The molecular formula is C23H21ClF3N5O4. The molecule has 1 unspecified atom stereocenters. The summed E-state index contributed by atoms with van der Waals surface area (Å²) in [6, 6.07) is 4.02. The standard InChI is InChI=1S/C23H21ClF3N5O4/c1-35-18-7-12(9-28-22(18)36-2)23(34)31-6-5-16(20-17(31)10-29-32(20)11-19(26)27)30-21(33)14-4-3-13(25)8-15(14)24/h3-4,7-10,16,19H,5-6,11H2,1-2H3,(H,30,33). The van der Waals surface area contributed by atoms with Crippen LogP contribution in [0.3, 0.4) is 0 Å². The molecule has 3 aromatic rings. The highest BCUT2D eigenvalue weighted by Crippen LogP contribution is 2.36. The van der Waals surface area contributed by atoms with Gasteiger partial charge in [0.2, 0.25) is 0 Å². The molecule has 0 radical (unpaired) electrons. The minimum absolute atomic E-state index is 0.0226. The molecule has 0 saturated carbocycles. The van der Waals surface area contributed by atoms with Crippen molar-refractivity contribution in [3.05, 3.63) is 64.3 Å². The van der Waals surface area contributed by atoms with Gasteiger partial charge in [0.1, 0.15) is 12.4 Å². The number of anilines is 1. The predicted octanol–water partition coefficient (Wildman–Crippen LogP) is 3.87. The Bertz CT molecular complexity index is 1300. The number of fused-ring (bicyclic) bond motifs is 1. The van der Waals surface area contributed by atoms with E-state index in [9.17, 15) is 22.8 Å². The summed E-state index contributed by atoms with van der Waals surface area (Å²) in [6.07, 6.45) is 0.0847. The number of hydrogen-bond donors (Lipinski definition) is 1. The summed E-state index contributed by atoms with van der Waals surface area (Å²) in [7, 11) is 2.82. The summed E-state index contributed by atoms with van der Waals surface area (Å²) in [5.41, 5.74) is 0.697. The fourth-order valence-electron chi connectivity index (χ4n) is 4.01. The van der Waals surface area contributed by atoms with Crippen molar-refractivity contribution in [3.63, 3.8) is 0 Å². The summed E-state index contributed by atoms with van der Waals surface area (Å²) >= 11 is 6.00. The van der Waals surface area contributed by atoms with Gasteiger partial charge in [-0.15, -0.1) is 0 Å². The summed E-state index contributed by atoms with van der Waals surface area (Å²) in [5, 5.41) is 6.69. The van der Waals surface area contributed by atoms with E-state index in [1.54, 1.807) is 0 Å². The molecule has 3 heterocycles. The third kappa shape index (κ3) is 4.94. The third-order valence-electron chi connectivity index (χ3n) is 5.64. The Labute approximate surface area is 208 Å². The van der Waals surface area contributed by atoms with E-state index < -0.39 is 36.6 Å². The molecule has 1 atom stereocenters. The molecule has 13 heteroatoms. The second kappa shape index (κ2) is 10.4. The highest BCUT2D eigenvalue weighted by atomic mass is 35.5. The van der Waals surface area contributed by atoms with Gasteiger partial charge in [0, 0.05) is 18.8 Å². The second-order valence-corrected chi connectivity index (χ2v) is 8.23. The topological polar surface area (TPSA) is 98.6 Å². The van der Waals surface area contributed by atoms with Crippen LogP contribution in [0.15, 0.2) is 36.7 Å². The average molecular weight is 524 g/mol. The maximum atomic E-state index is 13.4. The van der Waals surface area contributed by atoms with Gasteiger partial charge in [0.05, 0.1) is 54.0 Å². The van der Waals surface area contributed by atoms with Crippen LogP contribution in [0, 0.1) is 5.82 Å². The molecule has 1 aliphatic rings. The molecule has 0 fully saturated rings. The molecule has 1 aliphatic heterocycles. The first-order chi connectivity index (χ1) is 17.2. The van der Waals surface area contributed by atoms with Crippen LogP contribution >= 0.6 is 11.6 Å². The number of carbonyl (C=O) groups is 2. The van der Waals surface area contributed by atoms with Crippen LogP contribution in [0.2, 0.25) is 5.02 Å². The van der Waals surface area contributed by atoms with Crippen molar-refractivity contribution in [2.75, 3.05) is 25.7 Å².